The van der Waals surface area contributed by atoms with Gasteiger partial charge in [-0.2, -0.15) is 0 Å². The monoisotopic (exact) mass is 331 g/mol. The number of hydrogen-bond acceptors (Lipinski definition) is 6. The number of pyridine rings is 1. The van der Waals surface area contributed by atoms with Crippen LogP contribution in [-0.2, 0) is 0 Å². The maximum Gasteiger partial charge on any atom is 0.311 e. The second-order valence-corrected chi connectivity index (χ2v) is 4.52. The number of guanidine groups is 1. The fourth-order valence-electron chi connectivity index (χ4n) is 1.86. The quantitative estimate of drug-likeness (QED) is 0.260. The average molecular weight is 331 g/mol. The van der Waals surface area contributed by atoms with Crippen LogP contribution in [0.3, 0.4) is 0 Å². The largest absolute Gasteiger partial charge is 0.493 e. The van der Waals surface area contributed by atoms with Crippen molar-refractivity contribution in [3.63, 3.8) is 0 Å². The van der Waals surface area contributed by atoms with Gasteiger partial charge in [-0.05, 0) is 18.2 Å². The lowest BCUT2D eigenvalue weighted by Gasteiger charge is -2.09. The summed E-state index contributed by atoms with van der Waals surface area (Å²) in [4.78, 5) is 18.3. The van der Waals surface area contributed by atoms with Gasteiger partial charge >= 0.3 is 5.69 Å². The second-order valence-electron chi connectivity index (χ2n) is 4.52. The fourth-order valence-corrected chi connectivity index (χ4v) is 1.86. The Balaban J connectivity index is 1.90. The summed E-state index contributed by atoms with van der Waals surface area (Å²) in [5.41, 5.74) is 5.53. The van der Waals surface area contributed by atoms with Crippen molar-refractivity contribution >= 4 is 17.5 Å². The molecule has 0 saturated heterocycles. The number of nitrogens with one attached hydrogen (secondary N) is 1. The topological polar surface area (TPSA) is 125 Å². The number of rotatable bonds is 7. The minimum atomic E-state index is -0.548. The molecule has 0 aliphatic rings. The zero-order chi connectivity index (χ0) is 17.4. The Bertz CT molecular complexity index is 735. The number of para-hydroxylation sites is 2. The Kier molecular flexibility index (Phi) is 5.89. The molecule has 0 bridgehead atoms. The van der Waals surface area contributed by atoms with Crippen LogP contribution in [0.25, 0.3) is 0 Å². The van der Waals surface area contributed by atoms with Crippen molar-refractivity contribution < 1.29 is 14.4 Å². The molecular weight excluding hydrogens is 314 g/mol. The SMILES string of the molecule is COc1ccccc1OCCN=C(N)Nc1ncccc1[N+](=O)[O-]. The van der Waals surface area contributed by atoms with E-state index in [1.807, 2.05) is 12.1 Å². The first kappa shape index (κ1) is 17.0. The number of nitrogens with zero attached hydrogens (tertiary/aromatic N) is 3. The molecule has 1 aromatic carbocycles. The van der Waals surface area contributed by atoms with Crippen LogP contribution in [0.2, 0.25) is 0 Å². The first-order valence-electron chi connectivity index (χ1n) is 7.04. The van der Waals surface area contributed by atoms with E-state index in [4.69, 9.17) is 15.2 Å². The summed E-state index contributed by atoms with van der Waals surface area (Å²) in [6, 6.07) is 10.0. The summed E-state index contributed by atoms with van der Waals surface area (Å²) in [5.74, 6) is 1.27. The predicted molar refractivity (Wildman–Crippen MR) is 89.5 cm³/mol. The van der Waals surface area contributed by atoms with Crippen LogP contribution in [0.15, 0.2) is 47.6 Å². The van der Waals surface area contributed by atoms with Gasteiger partial charge in [-0.15, -0.1) is 0 Å². The lowest BCUT2D eigenvalue weighted by molar-refractivity contribution is -0.384. The van der Waals surface area contributed by atoms with E-state index in [0.29, 0.717) is 11.5 Å². The van der Waals surface area contributed by atoms with Gasteiger partial charge in [0.15, 0.2) is 17.5 Å². The lowest BCUT2D eigenvalue weighted by atomic mass is 10.3. The Morgan fingerprint density at radius 1 is 1.33 bits per heavy atom. The molecule has 1 heterocycles. The Hall–Kier alpha value is -3.36. The highest BCUT2D eigenvalue weighted by Crippen LogP contribution is 2.25. The highest BCUT2D eigenvalue weighted by Gasteiger charge is 2.14. The van der Waals surface area contributed by atoms with E-state index in [2.05, 4.69) is 15.3 Å². The van der Waals surface area contributed by atoms with Gasteiger partial charge in [0.1, 0.15) is 6.61 Å². The summed E-state index contributed by atoms with van der Waals surface area (Å²) in [6.45, 7) is 0.532. The lowest BCUT2D eigenvalue weighted by Crippen LogP contribution is -2.24. The molecule has 24 heavy (non-hydrogen) atoms. The molecule has 126 valence electrons. The van der Waals surface area contributed by atoms with Gasteiger partial charge in [-0.1, -0.05) is 12.1 Å². The standard InChI is InChI=1S/C15H17N5O4/c1-23-12-6-2-3-7-13(12)24-10-9-18-15(16)19-14-11(20(21)22)5-4-8-17-14/h2-8H,9-10H2,1H3,(H3,16,17,18,19). The van der Waals surface area contributed by atoms with Crippen molar-refractivity contribution in [3.05, 3.63) is 52.7 Å². The van der Waals surface area contributed by atoms with Gasteiger partial charge in [0.2, 0.25) is 5.82 Å². The van der Waals surface area contributed by atoms with Crippen molar-refractivity contribution in [2.24, 2.45) is 10.7 Å². The maximum absolute atomic E-state index is 10.9. The molecule has 3 N–H and O–H groups in total. The zero-order valence-corrected chi connectivity index (χ0v) is 13.0. The Morgan fingerprint density at radius 3 is 2.79 bits per heavy atom. The molecule has 0 spiro atoms. The average Bonchev–Trinajstić information content (AvgIpc) is 2.59. The third-order valence-electron chi connectivity index (χ3n) is 2.93. The van der Waals surface area contributed by atoms with Gasteiger partial charge in [0.05, 0.1) is 18.6 Å². The van der Waals surface area contributed by atoms with Crippen LogP contribution in [0.1, 0.15) is 0 Å². The molecule has 0 unspecified atom stereocenters. The van der Waals surface area contributed by atoms with E-state index < -0.39 is 4.92 Å². The third-order valence-corrected chi connectivity index (χ3v) is 2.93. The molecule has 0 radical (unpaired) electrons. The molecule has 0 aliphatic heterocycles. The Morgan fingerprint density at radius 2 is 2.08 bits per heavy atom. The molecule has 2 rings (SSSR count). The van der Waals surface area contributed by atoms with Gasteiger partial charge in [0.25, 0.3) is 0 Å². The highest BCUT2D eigenvalue weighted by molar-refractivity contribution is 5.93. The number of hydrogen-bond donors (Lipinski definition) is 2. The van der Waals surface area contributed by atoms with E-state index in [1.165, 1.54) is 18.3 Å². The smallest absolute Gasteiger partial charge is 0.311 e. The molecule has 0 amide bonds. The van der Waals surface area contributed by atoms with E-state index >= 15 is 0 Å². The molecule has 2 aromatic rings. The molecule has 0 fully saturated rings. The summed E-state index contributed by atoms with van der Waals surface area (Å²) in [6.07, 6.45) is 1.42. The first-order valence-corrected chi connectivity index (χ1v) is 7.04. The van der Waals surface area contributed by atoms with E-state index in [0.717, 1.165) is 0 Å². The van der Waals surface area contributed by atoms with E-state index in [9.17, 15) is 10.1 Å². The summed E-state index contributed by atoms with van der Waals surface area (Å²) in [5, 5.41) is 13.5. The van der Waals surface area contributed by atoms with Crippen LogP contribution in [0.4, 0.5) is 11.5 Å². The van der Waals surface area contributed by atoms with Crippen LogP contribution < -0.4 is 20.5 Å². The van der Waals surface area contributed by atoms with Gasteiger partial charge in [0, 0.05) is 12.3 Å². The number of aromatic nitrogens is 1. The first-order chi connectivity index (χ1) is 11.6. The number of aliphatic imine (C=N–C) groups is 1. The third kappa shape index (κ3) is 4.57. The minimum absolute atomic E-state index is 0.0143. The zero-order valence-electron chi connectivity index (χ0n) is 13.0. The highest BCUT2D eigenvalue weighted by atomic mass is 16.6. The van der Waals surface area contributed by atoms with Crippen LogP contribution in [-0.4, -0.2) is 36.1 Å². The van der Waals surface area contributed by atoms with Gasteiger partial charge < -0.3 is 20.5 Å². The van der Waals surface area contributed by atoms with Gasteiger partial charge in [-0.25, -0.2) is 9.98 Å². The molecule has 1 aromatic heterocycles. The minimum Gasteiger partial charge on any atom is -0.493 e. The van der Waals surface area contributed by atoms with Crippen LogP contribution in [0.5, 0.6) is 11.5 Å². The normalized spacial score (nSPS) is 11.0. The van der Waals surface area contributed by atoms with Crippen LogP contribution >= 0.6 is 0 Å². The number of methoxy groups -OCH3 is 1. The van der Waals surface area contributed by atoms with Crippen LogP contribution in [0, 0.1) is 10.1 Å². The van der Waals surface area contributed by atoms with Crippen molar-refractivity contribution in [1.29, 1.82) is 0 Å². The molecule has 0 aliphatic carbocycles. The molecule has 9 heteroatoms. The fraction of sp³-hybridized carbons (Fsp3) is 0.200. The van der Waals surface area contributed by atoms with Crippen molar-refractivity contribution in [3.8, 4) is 11.5 Å². The summed E-state index contributed by atoms with van der Waals surface area (Å²) < 4.78 is 10.7. The predicted octanol–water partition coefficient (Wildman–Crippen LogP) is 1.80. The number of nitrogens with two attached hydrogens (primary N) is 1. The molecule has 9 nitrogen and oxygen atoms in total. The number of benzene rings is 1. The molecular formula is C15H17N5O4. The number of ether oxygens (including phenoxy) is 2. The van der Waals surface area contributed by atoms with E-state index in [1.54, 1.807) is 19.2 Å². The Labute approximate surface area is 138 Å². The van der Waals surface area contributed by atoms with Crippen molar-refractivity contribution in [1.82, 2.24) is 4.98 Å². The number of anilines is 1. The van der Waals surface area contributed by atoms with E-state index in [-0.39, 0.29) is 30.6 Å². The van der Waals surface area contributed by atoms with Crippen molar-refractivity contribution in [2.75, 3.05) is 25.6 Å². The summed E-state index contributed by atoms with van der Waals surface area (Å²) in [7, 11) is 1.56. The summed E-state index contributed by atoms with van der Waals surface area (Å²) >= 11 is 0. The second kappa shape index (κ2) is 8.32. The van der Waals surface area contributed by atoms with Gasteiger partial charge in [-0.3, -0.25) is 10.1 Å². The molecule has 0 saturated carbocycles. The molecule has 0 atom stereocenters. The van der Waals surface area contributed by atoms with Crippen molar-refractivity contribution in [2.45, 2.75) is 0 Å². The number of nitro groups is 1. The maximum atomic E-state index is 10.9.